The van der Waals surface area contributed by atoms with Gasteiger partial charge in [-0.3, -0.25) is 9.59 Å². The first-order valence-corrected chi connectivity index (χ1v) is 22.7. The van der Waals surface area contributed by atoms with Crippen molar-refractivity contribution in [3.63, 3.8) is 0 Å². The Kier molecular flexibility index (Phi) is 37.2. The van der Waals surface area contributed by atoms with Crippen LogP contribution in [0.4, 0.5) is 0 Å². The molecule has 0 fully saturated rings. The molecule has 0 aliphatic rings. The number of unbranched alkanes of at least 4 members (excludes halogenated alkanes) is 18. The van der Waals surface area contributed by atoms with Crippen molar-refractivity contribution in [1.29, 1.82) is 0 Å². The molecule has 0 bridgehead atoms. The van der Waals surface area contributed by atoms with Gasteiger partial charge >= 0.3 is 11.9 Å². The second-order valence-electron chi connectivity index (χ2n) is 16.3. The third kappa shape index (κ3) is 36.9. The fraction of sp³-hybridized carbons (Fsp3) is 0.771. The summed E-state index contributed by atoms with van der Waals surface area (Å²) in [6, 6.07) is -0.730. The zero-order chi connectivity index (χ0) is 41.4. The molecule has 0 saturated heterocycles. The van der Waals surface area contributed by atoms with Gasteiger partial charge in [-0.1, -0.05) is 146 Å². The summed E-state index contributed by atoms with van der Waals surface area (Å²) in [5, 5.41) is 11.6. The Morgan fingerprint density at radius 1 is 0.554 bits per heavy atom. The number of quaternary nitrogens is 1. The van der Waals surface area contributed by atoms with Gasteiger partial charge in [-0.05, 0) is 70.6 Å². The van der Waals surface area contributed by atoms with Crippen molar-refractivity contribution in [1.82, 2.24) is 0 Å². The summed E-state index contributed by atoms with van der Waals surface area (Å²) in [5.74, 6) is -1.76. The van der Waals surface area contributed by atoms with Crippen LogP contribution >= 0.6 is 0 Å². The summed E-state index contributed by atoms with van der Waals surface area (Å²) in [6.07, 6.45) is 45.6. The van der Waals surface area contributed by atoms with Crippen molar-refractivity contribution in [2.45, 2.75) is 199 Å². The lowest BCUT2D eigenvalue weighted by Gasteiger charge is -2.34. The maximum atomic E-state index is 12.7. The molecule has 8 nitrogen and oxygen atoms in total. The van der Waals surface area contributed by atoms with Gasteiger partial charge in [-0.15, -0.1) is 0 Å². The maximum absolute atomic E-state index is 12.7. The number of rotatable bonds is 40. The highest BCUT2D eigenvalue weighted by Gasteiger charge is 2.25. The van der Waals surface area contributed by atoms with E-state index in [4.69, 9.17) is 14.2 Å². The van der Waals surface area contributed by atoms with Gasteiger partial charge in [-0.25, -0.2) is 0 Å². The third-order valence-electron chi connectivity index (χ3n) is 9.95. The van der Waals surface area contributed by atoms with Crippen LogP contribution in [0.2, 0.25) is 0 Å². The van der Waals surface area contributed by atoms with E-state index in [1.54, 1.807) is 21.1 Å². The first-order chi connectivity index (χ1) is 27.1. The number of carboxylic acids is 1. The number of carbonyl (C=O) groups excluding carboxylic acids is 3. The normalized spacial score (nSPS) is 13.4. The van der Waals surface area contributed by atoms with Crippen LogP contribution < -0.4 is 5.11 Å². The minimum absolute atomic E-state index is 0.0318. The molecule has 0 aromatic carbocycles. The molecule has 2 unspecified atom stereocenters. The first-order valence-electron chi connectivity index (χ1n) is 22.7. The number of carbonyl (C=O) groups is 3. The standard InChI is InChI=1S/C48H85NO7/c1-6-8-10-12-14-16-18-20-22-23-25-26-28-30-32-34-36-38-46(50)55-43-44(42-54-41-40-45(48(52)53)49(3,4)5)56-47(51)39-37-35-33-31-29-27-24-21-19-17-15-13-11-9-7-2/h9,11,15,17,20-22,24,44-45H,6-8,10,12-14,16,18-19,23,25-43H2,1-5H3/b11-9-,17-15-,22-20-,24-21-. The number of hydrogen-bond acceptors (Lipinski definition) is 7. The molecule has 0 N–H and O–H groups in total. The number of esters is 2. The van der Waals surface area contributed by atoms with Crippen LogP contribution in [0.5, 0.6) is 0 Å². The molecule has 2 atom stereocenters. The van der Waals surface area contributed by atoms with Crippen LogP contribution in [0.1, 0.15) is 187 Å². The molecule has 324 valence electrons. The molecule has 0 rings (SSSR count). The predicted octanol–water partition coefficient (Wildman–Crippen LogP) is 11.1. The second kappa shape index (κ2) is 39.1. The zero-order valence-electron chi connectivity index (χ0n) is 36.8. The van der Waals surface area contributed by atoms with E-state index < -0.39 is 18.1 Å². The van der Waals surface area contributed by atoms with E-state index in [0.29, 0.717) is 12.8 Å². The number of ether oxygens (including phenoxy) is 3. The van der Waals surface area contributed by atoms with Gasteiger partial charge in [0.2, 0.25) is 0 Å². The fourth-order valence-corrected chi connectivity index (χ4v) is 6.43. The van der Waals surface area contributed by atoms with Crippen LogP contribution in [-0.4, -0.2) is 75.5 Å². The van der Waals surface area contributed by atoms with E-state index in [-0.39, 0.29) is 42.7 Å². The van der Waals surface area contributed by atoms with Crippen molar-refractivity contribution >= 4 is 17.9 Å². The summed E-state index contributed by atoms with van der Waals surface area (Å²) in [7, 11) is 5.40. The molecule has 0 aromatic heterocycles. The van der Waals surface area contributed by atoms with Gasteiger partial charge in [-0.2, -0.15) is 0 Å². The maximum Gasteiger partial charge on any atom is 0.306 e. The molecule has 0 aliphatic carbocycles. The predicted molar refractivity (Wildman–Crippen MR) is 231 cm³/mol. The van der Waals surface area contributed by atoms with Crippen molar-refractivity contribution in [2.75, 3.05) is 41.0 Å². The lowest BCUT2D eigenvalue weighted by atomic mass is 10.1. The van der Waals surface area contributed by atoms with Crippen LogP contribution in [0, 0.1) is 0 Å². The van der Waals surface area contributed by atoms with Crippen LogP contribution in [-0.2, 0) is 28.6 Å². The van der Waals surface area contributed by atoms with Gasteiger partial charge in [0.15, 0.2) is 6.10 Å². The van der Waals surface area contributed by atoms with Crippen LogP contribution in [0.15, 0.2) is 48.6 Å². The Bertz CT molecular complexity index is 1060. The SMILES string of the molecule is CC/C=C\C/C=C\C/C=C\CCCCCCCC(=O)OC(COCCC(C(=O)[O-])[N+](C)(C)C)COC(=O)CCCCCCCCC/C=C\CCCCCCCC. The lowest BCUT2D eigenvalue weighted by Crippen LogP contribution is -2.55. The van der Waals surface area contributed by atoms with Crippen molar-refractivity contribution in [3.05, 3.63) is 48.6 Å². The summed E-state index contributed by atoms with van der Waals surface area (Å²) >= 11 is 0. The van der Waals surface area contributed by atoms with E-state index in [2.05, 4.69) is 62.5 Å². The summed E-state index contributed by atoms with van der Waals surface area (Å²) in [4.78, 5) is 36.9. The Morgan fingerprint density at radius 3 is 1.50 bits per heavy atom. The Hall–Kier alpha value is -2.71. The average molecular weight is 788 g/mol. The Morgan fingerprint density at radius 2 is 1.00 bits per heavy atom. The Labute approximate surface area is 344 Å². The zero-order valence-corrected chi connectivity index (χ0v) is 36.8. The first kappa shape index (κ1) is 53.3. The van der Waals surface area contributed by atoms with Crippen LogP contribution in [0.25, 0.3) is 0 Å². The highest BCUT2D eigenvalue weighted by atomic mass is 16.6. The van der Waals surface area contributed by atoms with E-state index >= 15 is 0 Å². The smallest absolute Gasteiger partial charge is 0.306 e. The molecule has 8 heteroatoms. The topological polar surface area (TPSA) is 102 Å². The van der Waals surface area contributed by atoms with Crippen molar-refractivity contribution in [2.24, 2.45) is 0 Å². The van der Waals surface area contributed by atoms with Gasteiger partial charge in [0.25, 0.3) is 0 Å². The average Bonchev–Trinajstić information content (AvgIpc) is 3.15. The number of carboxylic acid groups (broad SMARTS) is 1. The summed E-state index contributed by atoms with van der Waals surface area (Å²) < 4.78 is 17.2. The molecule has 0 aliphatic heterocycles. The van der Waals surface area contributed by atoms with Crippen LogP contribution in [0.3, 0.4) is 0 Å². The molecule has 0 radical (unpaired) electrons. The number of allylic oxidation sites excluding steroid dienone is 8. The van der Waals surface area contributed by atoms with Gasteiger partial charge < -0.3 is 28.6 Å². The highest BCUT2D eigenvalue weighted by molar-refractivity contribution is 5.70. The molecular formula is C48H85NO7. The van der Waals surface area contributed by atoms with E-state index in [1.807, 2.05) is 0 Å². The molecule has 0 heterocycles. The molecular weight excluding hydrogens is 703 g/mol. The Balaban J connectivity index is 4.35. The highest BCUT2D eigenvalue weighted by Crippen LogP contribution is 2.14. The summed E-state index contributed by atoms with van der Waals surface area (Å²) in [6.45, 7) is 4.52. The van der Waals surface area contributed by atoms with E-state index in [1.165, 1.54) is 77.0 Å². The largest absolute Gasteiger partial charge is 0.544 e. The van der Waals surface area contributed by atoms with Gasteiger partial charge in [0.1, 0.15) is 12.6 Å². The molecule has 56 heavy (non-hydrogen) atoms. The number of nitrogens with zero attached hydrogens (tertiary/aromatic N) is 1. The fourth-order valence-electron chi connectivity index (χ4n) is 6.43. The van der Waals surface area contributed by atoms with Gasteiger partial charge in [0, 0.05) is 19.3 Å². The minimum atomic E-state index is -1.13. The third-order valence-corrected chi connectivity index (χ3v) is 9.95. The summed E-state index contributed by atoms with van der Waals surface area (Å²) in [5.41, 5.74) is 0. The quantitative estimate of drug-likeness (QED) is 0.0264. The number of aliphatic carboxylic acids is 1. The van der Waals surface area contributed by atoms with Gasteiger partial charge in [0.05, 0.1) is 40.3 Å². The lowest BCUT2D eigenvalue weighted by molar-refractivity contribution is -0.889. The molecule has 0 spiro atoms. The van der Waals surface area contributed by atoms with Crippen molar-refractivity contribution in [3.8, 4) is 0 Å². The second-order valence-corrected chi connectivity index (χ2v) is 16.3. The minimum Gasteiger partial charge on any atom is -0.544 e. The number of hydrogen-bond donors (Lipinski definition) is 0. The number of likely N-dealkylation sites (N-methyl/N-ethyl adjacent to an activating group) is 1. The van der Waals surface area contributed by atoms with E-state index in [0.717, 1.165) is 77.0 Å². The monoisotopic (exact) mass is 788 g/mol. The molecule has 0 aromatic rings. The van der Waals surface area contributed by atoms with E-state index in [9.17, 15) is 19.5 Å². The molecule has 0 saturated carbocycles. The molecule has 0 amide bonds. The van der Waals surface area contributed by atoms with Crippen molar-refractivity contribution < 1.29 is 38.2 Å².